The lowest BCUT2D eigenvalue weighted by Gasteiger charge is -2.35. The van der Waals surface area contributed by atoms with Crippen LogP contribution < -0.4 is 4.74 Å². The number of aromatic nitrogens is 3. The second-order valence-electron chi connectivity index (χ2n) is 8.14. The van der Waals surface area contributed by atoms with Crippen molar-refractivity contribution in [2.24, 2.45) is 0 Å². The quantitative estimate of drug-likeness (QED) is 0.674. The molecule has 1 aromatic carbocycles. The number of benzene rings is 1. The molecule has 31 heavy (non-hydrogen) atoms. The standard InChI is InChI=1S/C23H23ClN4O3/c1-14-16(9-15-5-6-20(26-11-15)27-8-7-25-12-27)10-17-22(21(14)24)31-13-28(23(17)30)18-3-2-4-19(18)29/h5-8,10-12,18-19,29H,2-4,9,13H2,1H3. The van der Waals surface area contributed by atoms with E-state index in [0.717, 1.165) is 35.3 Å². The summed E-state index contributed by atoms with van der Waals surface area (Å²) < 4.78 is 7.72. The third-order valence-electron chi connectivity index (χ3n) is 6.23. The zero-order valence-corrected chi connectivity index (χ0v) is 17.9. The average Bonchev–Trinajstić information content (AvgIpc) is 3.45. The van der Waals surface area contributed by atoms with Gasteiger partial charge in [0.1, 0.15) is 12.1 Å². The molecule has 1 saturated carbocycles. The van der Waals surface area contributed by atoms with Crippen LogP contribution in [0.15, 0.2) is 43.1 Å². The number of aliphatic hydroxyl groups is 1. The summed E-state index contributed by atoms with van der Waals surface area (Å²) in [6.45, 7) is 2.05. The number of halogens is 1. The van der Waals surface area contributed by atoms with E-state index in [-0.39, 0.29) is 18.7 Å². The lowest BCUT2D eigenvalue weighted by Crippen LogP contribution is -2.48. The number of pyridine rings is 1. The van der Waals surface area contributed by atoms with Gasteiger partial charge in [-0.15, -0.1) is 0 Å². The summed E-state index contributed by atoms with van der Waals surface area (Å²) in [5.74, 6) is 1.09. The number of aliphatic hydroxyl groups excluding tert-OH is 1. The largest absolute Gasteiger partial charge is 0.471 e. The number of fused-ring (bicyclic) bond motifs is 1. The van der Waals surface area contributed by atoms with Crippen LogP contribution in [-0.4, -0.2) is 49.3 Å². The zero-order chi connectivity index (χ0) is 21.5. The molecule has 0 spiro atoms. The van der Waals surface area contributed by atoms with Gasteiger partial charge in [-0.05, 0) is 61.4 Å². The maximum atomic E-state index is 13.2. The minimum absolute atomic E-state index is 0.117. The molecule has 2 aliphatic rings. The maximum Gasteiger partial charge on any atom is 0.260 e. The number of hydrogen-bond acceptors (Lipinski definition) is 5. The first-order valence-corrected chi connectivity index (χ1v) is 10.8. The van der Waals surface area contributed by atoms with Crippen molar-refractivity contribution in [3.05, 3.63) is 70.4 Å². The first-order valence-electron chi connectivity index (χ1n) is 10.4. The van der Waals surface area contributed by atoms with E-state index in [4.69, 9.17) is 16.3 Å². The Morgan fingerprint density at radius 2 is 2.19 bits per heavy atom. The summed E-state index contributed by atoms with van der Waals surface area (Å²) in [5, 5.41) is 10.7. The fourth-order valence-electron chi connectivity index (χ4n) is 4.43. The Labute approximate surface area is 185 Å². The van der Waals surface area contributed by atoms with Crippen LogP contribution in [-0.2, 0) is 6.42 Å². The highest BCUT2D eigenvalue weighted by atomic mass is 35.5. The number of imidazole rings is 1. The van der Waals surface area contributed by atoms with E-state index in [1.807, 2.05) is 42.1 Å². The van der Waals surface area contributed by atoms with Crippen LogP contribution >= 0.6 is 11.6 Å². The van der Waals surface area contributed by atoms with Gasteiger partial charge in [0, 0.05) is 18.6 Å². The zero-order valence-electron chi connectivity index (χ0n) is 17.2. The Hall–Kier alpha value is -2.90. The molecule has 160 valence electrons. The molecule has 1 fully saturated rings. The lowest BCUT2D eigenvalue weighted by molar-refractivity contribution is 0.0127. The summed E-state index contributed by atoms with van der Waals surface area (Å²) in [4.78, 5) is 23.4. The van der Waals surface area contributed by atoms with Crippen molar-refractivity contribution >= 4 is 17.5 Å². The number of ether oxygens (including phenoxy) is 1. The number of carbonyl (C=O) groups is 1. The molecule has 0 bridgehead atoms. The molecule has 1 N–H and O–H groups in total. The molecule has 1 amide bonds. The van der Waals surface area contributed by atoms with Gasteiger partial charge in [-0.1, -0.05) is 17.7 Å². The van der Waals surface area contributed by atoms with Crippen molar-refractivity contribution in [3.63, 3.8) is 0 Å². The summed E-state index contributed by atoms with van der Waals surface area (Å²) in [5.41, 5.74) is 3.31. The average molecular weight is 439 g/mol. The number of hydrogen-bond donors (Lipinski definition) is 1. The van der Waals surface area contributed by atoms with E-state index >= 15 is 0 Å². The second-order valence-corrected chi connectivity index (χ2v) is 8.51. The predicted molar refractivity (Wildman–Crippen MR) is 116 cm³/mol. The minimum atomic E-state index is -0.505. The summed E-state index contributed by atoms with van der Waals surface area (Å²) in [7, 11) is 0. The van der Waals surface area contributed by atoms with Crippen molar-refractivity contribution in [1.29, 1.82) is 0 Å². The number of nitrogens with zero attached hydrogens (tertiary/aromatic N) is 4. The van der Waals surface area contributed by atoms with Crippen molar-refractivity contribution in [2.75, 3.05) is 6.73 Å². The molecule has 0 saturated heterocycles. The van der Waals surface area contributed by atoms with Gasteiger partial charge >= 0.3 is 0 Å². The lowest BCUT2D eigenvalue weighted by atomic mass is 9.96. The summed E-state index contributed by atoms with van der Waals surface area (Å²) in [6, 6.07) is 5.61. The van der Waals surface area contributed by atoms with Gasteiger partial charge in [-0.2, -0.15) is 0 Å². The molecule has 7 nitrogen and oxygen atoms in total. The van der Waals surface area contributed by atoms with Crippen LogP contribution in [0.4, 0.5) is 0 Å². The van der Waals surface area contributed by atoms with E-state index in [1.165, 1.54) is 0 Å². The molecule has 0 radical (unpaired) electrons. The number of amides is 1. The fourth-order valence-corrected chi connectivity index (χ4v) is 4.71. The third kappa shape index (κ3) is 3.58. The van der Waals surface area contributed by atoms with E-state index in [1.54, 1.807) is 17.4 Å². The molecule has 3 aromatic rings. The van der Waals surface area contributed by atoms with E-state index in [2.05, 4.69) is 9.97 Å². The maximum absolute atomic E-state index is 13.2. The third-order valence-corrected chi connectivity index (χ3v) is 6.68. The van der Waals surface area contributed by atoms with Crippen LogP contribution in [0.3, 0.4) is 0 Å². The molecule has 1 aliphatic heterocycles. The monoisotopic (exact) mass is 438 g/mol. The second kappa shape index (κ2) is 7.98. The smallest absolute Gasteiger partial charge is 0.260 e. The SMILES string of the molecule is Cc1c(Cc2ccc(-n3ccnc3)nc2)cc2c(c1Cl)OCN(C1CCCC1O)C2=O. The highest BCUT2D eigenvalue weighted by molar-refractivity contribution is 6.33. The van der Waals surface area contributed by atoms with Crippen LogP contribution in [0.2, 0.25) is 5.02 Å². The minimum Gasteiger partial charge on any atom is -0.471 e. The molecule has 8 heteroatoms. The van der Waals surface area contributed by atoms with Crippen LogP contribution in [0.5, 0.6) is 5.75 Å². The number of rotatable bonds is 4. The van der Waals surface area contributed by atoms with Gasteiger partial charge in [0.15, 0.2) is 12.5 Å². The van der Waals surface area contributed by atoms with Crippen LogP contribution in [0.1, 0.15) is 46.3 Å². The van der Waals surface area contributed by atoms with Crippen LogP contribution in [0.25, 0.3) is 5.82 Å². The predicted octanol–water partition coefficient (Wildman–Crippen LogP) is 3.53. The molecular formula is C23H23ClN4O3. The summed E-state index contributed by atoms with van der Waals surface area (Å²) in [6.07, 6.45) is 9.57. The van der Waals surface area contributed by atoms with E-state index in [0.29, 0.717) is 29.2 Å². The highest BCUT2D eigenvalue weighted by Crippen LogP contribution is 2.39. The van der Waals surface area contributed by atoms with Crippen molar-refractivity contribution in [3.8, 4) is 11.6 Å². The highest BCUT2D eigenvalue weighted by Gasteiger charge is 2.38. The normalized spacial score (nSPS) is 20.6. The van der Waals surface area contributed by atoms with Crippen molar-refractivity contribution in [2.45, 2.75) is 44.8 Å². The molecule has 2 atom stereocenters. The Bertz CT molecular complexity index is 1110. The molecule has 2 unspecified atom stereocenters. The van der Waals surface area contributed by atoms with Gasteiger partial charge in [0.2, 0.25) is 0 Å². The Kier molecular flexibility index (Phi) is 5.16. The van der Waals surface area contributed by atoms with Crippen LogP contribution in [0, 0.1) is 6.92 Å². The molecule has 2 aromatic heterocycles. The molecule has 1 aliphatic carbocycles. The summed E-state index contributed by atoms with van der Waals surface area (Å²) >= 11 is 6.61. The molecule has 3 heterocycles. The van der Waals surface area contributed by atoms with E-state index in [9.17, 15) is 9.90 Å². The molecule has 5 rings (SSSR count). The van der Waals surface area contributed by atoms with E-state index < -0.39 is 6.10 Å². The van der Waals surface area contributed by atoms with Gasteiger partial charge in [0.25, 0.3) is 5.91 Å². The van der Waals surface area contributed by atoms with Crippen molar-refractivity contribution in [1.82, 2.24) is 19.4 Å². The van der Waals surface area contributed by atoms with Gasteiger partial charge in [-0.25, -0.2) is 9.97 Å². The first-order chi connectivity index (χ1) is 15.0. The van der Waals surface area contributed by atoms with Gasteiger partial charge in [-0.3, -0.25) is 14.3 Å². The van der Waals surface area contributed by atoms with Gasteiger partial charge < -0.3 is 9.84 Å². The number of carbonyl (C=O) groups excluding carboxylic acids is 1. The first kappa shape index (κ1) is 20.0. The topological polar surface area (TPSA) is 80.5 Å². The van der Waals surface area contributed by atoms with Crippen molar-refractivity contribution < 1.29 is 14.6 Å². The molecular weight excluding hydrogens is 416 g/mol. The van der Waals surface area contributed by atoms with Gasteiger partial charge in [0.05, 0.1) is 22.7 Å². The Balaban J connectivity index is 1.43. The fraction of sp³-hybridized carbons (Fsp3) is 0.348. The Morgan fingerprint density at radius 3 is 2.87 bits per heavy atom. The Morgan fingerprint density at radius 1 is 1.32 bits per heavy atom.